The molecule has 0 spiro atoms. The number of fused-ring (bicyclic) bond motifs is 2. The van der Waals surface area contributed by atoms with Crippen LogP contribution in [0.2, 0.25) is 0 Å². The Morgan fingerprint density at radius 1 is 1.26 bits per heavy atom. The van der Waals surface area contributed by atoms with Crippen molar-refractivity contribution in [2.24, 2.45) is 0 Å². The molecule has 2 saturated heterocycles. The number of hydrogen-bond acceptors (Lipinski definition) is 8. The van der Waals surface area contributed by atoms with Crippen molar-refractivity contribution in [2.75, 3.05) is 45.4 Å². The molecule has 202 valence electrons. The lowest BCUT2D eigenvalue weighted by atomic mass is 9.98. The first-order valence-corrected chi connectivity index (χ1v) is 12.4. The molecule has 5 heterocycles. The number of ether oxygens (including phenoxy) is 2. The topological polar surface area (TPSA) is 94.6 Å². The Morgan fingerprint density at radius 3 is 2.82 bits per heavy atom. The molecule has 3 aromatic heterocycles. The second-order valence-electron chi connectivity index (χ2n) is 9.56. The molecule has 14 heteroatoms. The molecule has 6 rings (SSSR count). The maximum absolute atomic E-state index is 15.3. The number of rotatable bonds is 8. The van der Waals surface area contributed by atoms with E-state index in [-0.39, 0.29) is 48.3 Å². The minimum Gasteiger partial charge on any atom is -0.479 e. The molecule has 1 aromatic carbocycles. The number of nitrogens with zero attached hydrogens (tertiary/aromatic N) is 7. The number of piperidine rings is 1. The fourth-order valence-corrected chi connectivity index (χ4v) is 5.04. The van der Waals surface area contributed by atoms with Gasteiger partial charge in [-0.3, -0.25) is 9.29 Å². The van der Waals surface area contributed by atoms with Gasteiger partial charge in [0.05, 0.1) is 62.9 Å². The number of nitrogens with one attached hydrogen (secondary N) is 1. The number of likely N-dealkylation sites (tertiary alicyclic amines) is 1. The van der Waals surface area contributed by atoms with Crippen molar-refractivity contribution in [3.8, 4) is 17.0 Å². The number of hydrogen-bond donors (Lipinski definition) is 1. The molecule has 4 aromatic rings. The lowest BCUT2D eigenvalue weighted by Crippen LogP contribution is -2.61. The van der Waals surface area contributed by atoms with E-state index >= 15 is 4.39 Å². The van der Waals surface area contributed by atoms with Crippen molar-refractivity contribution < 1.29 is 27.0 Å². The third-order valence-electron chi connectivity index (χ3n) is 7.12. The maximum Gasteiger partial charge on any atom is 0.280 e. The normalized spacial score (nSPS) is 20.2. The molecule has 0 saturated carbocycles. The minimum absolute atomic E-state index is 0.0214. The lowest BCUT2D eigenvalue weighted by Gasteiger charge is -2.44. The van der Waals surface area contributed by atoms with Crippen molar-refractivity contribution in [2.45, 2.75) is 37.4 Å². The third kappa shape index (κ3) is 4.30. The van der Waals surface area contributed by atoms with Crippen LogP contribution in [0.1, 0.15) is 12.8 Å². The van der Waals surface area contributed by atoms with E-state index in [0.717, 1.165) is 6.20 Å². The van der Waals surface area contributed by atoms with Crippen LogP contribution in [0.5, 0.6) is 5.88 Å². The van der Waals surface area contributed by atoms with E-state index in [1.54, 1.807) is 27.8 Å². The van der Waals surface area contributed by atoms with Crippen LogP contribution < -0.4 is 10.1 Å². The van der Waals surface area contributed by atoms with Gasteiger partial charge in [0, 0.05) is 13.1 Å². The van der Waals surface area contributed by atoms with Gasteiger partial charge in [0.1, 0.15) is 11.0 Å². The summed E-state index contributed by atoms with van der Waals surface area (Å²) in [6, 6.07) is 3.91. The van der Waals surface area contributed by atoms with Crippen LogP contribution in [0.25, 0.3) is 27.7 Å². The van der Waals surface area contributed by atoms with Crippen LogP contribution in [-0.2, 0) is 11.3 Å². The Labute approximate surface area is 214 Å². The van der Waals surface area contributed by atoms with E-state index < -0.39 is 24.5 Å². The minimum atomic E-state index is -3.03. The van der Waals surface area contributed by atoms with E-state index in [2.05, 4.69) is 25.7 Å². The van der Waals surface area contributed by atoms with Gasteiger partial charge in [0.25, 0.3) is 5.92 Å². The molecule has 2 aliphatic heterocycles. The highest BCUT2D eigenvalue weighted by Crippen LogP contribution is 2.36. The predicted molar refractivity (Wildman–Crippen MR) is 130 cm³/mol. The number of aryl methyl sites for hydroxylation is 1. The van der Waals surface area contributed by atoms with Gasteiger partial charge >= 0.3 is 0 Å². The molecule has 38 heavy (non-hydrogen) atoms. The van der Waals surface area contributed by atoms with Crippen molar-refractivity contribution in [3.05, 3.63) is 30.2 Å². The van der Waals surface area contributed by atoms with Crippen LogP contribution in [0.4, 0.5) is 23.5 Å². The molecule has 0 radical (unpaired) electrons. The fraction of sp³-hybridized carbons (Fsp3) is 0.500. The van der Waals surface area contributed by atoms with Gasteiger partial charge in [-0.2, -0.15) is 4.98 Å². The Morgan fingerprint density at radius 2 is 2.11 bits per heavy atom. The Balaban J connectivity index is 1.32. The summed E-state index contributed by atoms with van der Waals surface area (Å²) in [6.07, 6.45) is 1.61. The maximum atomic E-state index is 15.3. The zero-order valence-electron chi connectivity index (χ0n) is 20.6. The first-order valence-electron chi connectivity index (χ1n) is 12.4. The van der Waals surface area contributed by atoms with E-state index in [9.17, 15) is 13.2 Å². The van der Waals surface area contributed by atoms with Crippen molar-refractivity contribution in [1.29, 1.82) is 0 Å². The molecule has 0 amide bonds. The highest BCUT2D eigenvalue weighted by Gasteiger charge is 2.47. The quantitative estimate of drug-likeness (QED) is 0.345. The molecule has 2 fully saturated rings. The summed E-state index contributed by atoms with van der Waals surface area (Å²) in [5.74, 6) is -3.69. The predicted octanol–water partition coefficient (Wildman–Crippen LogP) is 3.17. The van der Waals surface area contributed by atoms with E-state index in [4.69, 9.17) is 9.47 Å². The molecule has 2 aliphatic rings. The second-order valence-corrected chi connectivity index (χ2v) is 9.56. The van der Waals surface area contributed by atoms with E-state index in [1.807, 2.05) is 0 Å². The number of benzene rings is 1. The summed E-state index contributed by atoms with van der Waals surface area (Å²) in [5, 5.41) is 15.1. The number of anilines is 1. The lowest BCUT2D eigenvalue weighted by molar-refractivity contribution is -0.131. The summed E-state index contributed by atoms with van der Waals surface area (Å²) in [7, 11) is 1.37. The molecule has 10 nitrogen and oxygen atoms in total. The smallest absolute Gasteiger partial charge is 0.280 e. The first-order chi connectivity index (χ1) is 18.4. The van der Waals surface area contributed by atoms with Crippen LogP contribution in [0, 0.1) is 5.82 Å². The molecular weight excluding hydrogens is 508 g/mol. The number of alkyl halides is 3. The van der Waals surface area contributed by atoms with Crippen molar-refractivity contribution >= 4 is 22.5 Å². The Bertz CT molecular complexity index is 1470. The molecular formula is C24H26F4N8O2. The van der Waals surface area contributed by atoms with Crippen molar-refractivity contribution in [1.82, 2.24) is 34.5 Å². The zero-order chi connectivity index (χ0) is 26.4. The Hall–Kier alpha value is -3.52. The fourth-order valence-electron chi connectivity index (χ4n) is 5.04. The number of halogens is 4. The highest BCUT2D eigenvalue weighted by molar-refractivity contribution is 5.89. The van der Waals surface area contributed by atoms with Crippen molar-refractivity contribution in [3.63, 3.8) is 0 Å². The SMILES string of the molecule is COc1nc(N[C@@H]2CCN(C3COC3)CC2(F)F)nn2cc(F)c(-c3ccc4nnn(CCCF)c4c3)c12. The number of methoxy groups -OCH3 is 1. The summed E-state index contributed by atoms with van der Waals surface area (Å²) in [4.78, 5) is 6.05. The average molecular weight is 535 g/mol. The molecule has 0 bridgehead atoms. The average Bonchev–Trinajstić information content (AvgIpc) is 3.41. The van der Waals surface area contributed by atoms with Gasteiger partial charge in [-0.1, -0.05) is 11.3 Å². The summed E-state index contributed by atoms with van der Waals surface area (Å²) < 4.78 is 71.4. The summed E-state index contributed by atoms with van der Waals surface area (Å²) >= 11 is 0. The van der Waals surface area contributed by atoms with Gasteiger partial charge in [0.2, 0.25) is 11.8 Å². The van der Waals surface area contributed by atoms with Gasteiger partial charge in [0.15, 0.2) is 5.82 Å². The van der Waals surface area contributed by atoms with E-state index in [1.165, 1.54) is 11.6 Å². The van der Waals surface area contributed by atoms with Gasteiger partial charge < -0.3 is 14.8 Å². The summed E-state index contributed by atoms with van der Waals surface area (Å²) in [6.45, 7) is 0.869. The first kappa shape index (κ1) is 24.8. The number of aromatic nitrogens is 6. The van der Waals surface area contributed by atoms with Crippen LogP contribution in [0.15, 0.2) is 24.4 Å². The molecule has 0 aliphatic carbocycles. The third-order valence-corrected chi connectivity index (χ3v) is 7.12. The molecule has 1 atom stereocenters. The Kier molecular flexibility index (Phi) is 6.30. The van der Waals surface area contributed by atoms with Crippen LogP contribution in [-0.4, -0.2) is 92.6 Å². The highest BCUT2D eigenvalue weighted by atomic mass is 19.3. The van der Waals surface area contributed by atoms with Gasteiger partial charge in [-0.05, 0) is 30.5 Å². The summed E-state index contributed by atoms with van der Waals surface area (Å²) in [5.41, 5.74) is 2.11. The molecule has 1 N–H and O–H groups in total. The standard InChI is InChI=1S/C24H26F4N8O2/c1-37-22-21-20(14-3-4-17-18(9-14)35(33-31-17)7-2-6-25)16(26)10-36(21)32-23(30-22)29-19-5-8-34(13-24(19,27)28)15-11-38-12-15/h3-4,9-10,15,19H,2,5-8,11-13H2,1H3,(H,29,32)/t19-/m1/s1. The molecule has 0 unspecified atom stereocenters. The van der Waals surface area contributed by atoms with Crippen LogP contribution in [0.3, 0.4) is 0 Å². The zero-order valence-corrected chi connectivity index (χ0v) is 20.6. The second kappa shape index (κ2) is 9.66. The van der Waals surface area contributed by atoms with Gasteiger partial charge in [-0.15, -0.1) is 10.2 Å². The monoisotopic (exact) mass is 534 g/mol. The van der Waals surface area contributed by atoms with Crippen LogP contribution >= 0.6 is 0 Å². The largest absolute Gasteiger partial charge is 0.479 e. The van der Waals surface area contributed by atoms with Gasteiger partial charge in [-0.25, -0.2) is 22.4 Å². The van der Waals surface area contributed by atoms with E-state index in [0.29, 0.717) is 42.9 Å².